The Morgan fingerprint density at radius 1 is 1.45 bits per heavy atom. The van der Waals surface area contributed by atoms with Crippen LogP contribution in [0.25, 0.3) is 0 Å². The van der Waals surface area contributed by atoms with E-state index >= 15 is 0 Å². The lowest BCUT2D eigenvalue weighted by atomic mass is 9.86. The first-order valence-corrected chi connectivity index (χ1v) is 7.01. The Balaban J connectivity index is 1.94. The van der Waals surface area contributed by atoms with E-state index in [2.05, 4.69) is 5.32 Å². The van der Waals surface area contributed by atoms with Crippen molar-refractivity contribution in [2.45, 2.75) is 31.8 Å². The highest BCUT2D eigenvalue weighted by Gasteiger charge is 2.23. The summed E-state index contributed by atoms with van der Waals surface area (Å²) in [7, 11) is 1.52. The topological polar surface area (TPSA) is 84.6 Å². The van der Waals surface area contributed by atoms with Crippen LogP contribution in [0, 0.1) is 5.92 Å². The molecule has 0 bridgehead atoms. The number of amides is 1. The molecule has 0 saturated heterocycles. The van der Waals surface area contributed by atoms with Crippen molar-refractivity contribution < 1.29 is 14.6 Å². The van der Waals surface area contributed by atoms with Crippen molar-refractivity contribution in [3.8, 4) is 5.75 Å². The number of benzene rings is 1. The molecule has 1 aliphatic carbocycles. The van der Waals surface area contributed by atoms with Crippen molar-refractivity contribution in [2.24, 2.45) is 5.92 Å². The van der Waals surface area contributed by atoms with Crippen molar-refractivity contribution in [3.63, 3.8) is 0 Å². The molecule has 1 saturated carbocycles. The Morgan fingerprint density at radius 2 is 2.20 bits per heavy atom. The summed E-state index contributed by atoms with van der Waals surface area (Å²) in [5, 5.41) is 12.8. The van der Waals surface area contributed by atoms with Crippen LogP contribution in [-0.2, 0) is 0 Å². The Hall–Kier alpha value is -1.75. The number of hydrogen-bond acceptors (Lipinski definition) is 4. The van der Waals surface area contributed by atoms with Gasteiger partial charge < -0.3 is 20.9 Å². The molecule has 5 heteroatoms. The second-order valence-electron chi connectivity index (χ2n) is 5.28. The minimum absolute atomic E-state index is 0.156. The lowest BCUT2D eigenvalue weighted by Gasteiger charge is -2.27. The highest BCUT2D eigenvalue weighted by atomic mass is 16.5. The van der Waals surface area contributed by atoms with Gasteiger partial charge in [-0.15, -0.1) is 0 Å². The van der Waals surface area contributed by atoms with Gasteiger partial charge in [0.25, 0.3) is 5.91 Å². The molecule has 1 aromatic carbocycles. The fourth-order valence-corrected chi connectivity index (χ4v) is 2.60. The third-order valence-corrected chi connectivity index (χ3v) is 3.89. The zero-order chi connectivity index (χ0) is 14.5. The molecule has 0 spiro atoms. The third kappa shape index (κ3) is 3.42. The van der Waals surface area contributed by atoms with Crippen molar-refractivity contribution in [3.05, 3.63) is 23.8 Å². The summed E-state index contributed by atoms with van der Waals surface area (Å²) in [6.07, 6.45) is 3.68. The number of methoxy groups -OCH3 is 1. The van der Waals surface area contributed by atoms with Crippen LogP contribution in [0.3, 0.4) is 0 Å². The fourth-order valence-electron chi connectivity index (χ4n) is 2.60. The molecule has 5 nitrogen and oxygen atoms in total. The molecule has 110 valence electrons. The Morgan fingerprint density at radius 3 is 2.90 bits per heavy atom. The van der Waals surface area contributed by atoms with E-state index in [9.17, 15) is 9.90 Å². The molecule has 0 aromatic heterocycles. The normalized spacial score (nSPS) is 22.3. The van der Waals surface area contributed by atoms with Gasteiger partial charge in [-0.2, -0.15) is 0 Å². The molecule has 1 aromatic rings. The molecule has 1 fully saturated rings. The number of carbonyl (C=O) groups is 1. The maximum Gasteiger partial charge on any atom is 0.251 e. The van der Waals surface area contributed by atoms with Crippen LogP contribution < -0.4 is 15.8 Å². The van der Waals surface area contributed by atoms with E-state index in [0.717, 1.165) is 25.7 Å². The van der Waals surface area contributed by atoms with Gasteiger partial charge in [-0.25, -0.2) is 0 Å². The van der Waals surface area contributed by atoms with Crippen molar-refractivity contribution in [1.29, 1.82) is 0 Å². The number of rotatable bonds is 4. The first kappa shape index (κ1) is 14.7. The van der Waals surface area contributed by atoms with Gasteiger partial charge in [0.15, 0.2) is 0 Å². The number of anilines is 1. The molecule has 4 N–H and O–H groups in total. The third-order valence-electron chi connectivity index (χ3n) is 3.89. The number of aliphatic hydroxyl groups is 1. The molecule has 1 aliphatic rings. The fraction of sp³-hybridized carbons (Fsp3) is 0.533. The van der Waals surface area contributed by atoms with Gasteiger partial charge >= 0.3 is 0 Å². The van der Waals surface area contributed by atoms with Gasteiger partial charge in [0, 0.05) is 18.0 Å². The summed E-state index contributed by atoms with van der Waals surface area (Å²) in [5.74, 6) is 0.486. The van der Waals surface area contributed by atoms with Crippen LogP contribution in [0.4, 0.5) is 5.69 Å². The van der Waals surface area contributed by atoms with Gasteiger partial charge in [-0.05, 0) is 31.0 Å². The predicted octanol–water partition coefficient (Wildman–Crippen LogP) is 1.56. The summed E-state index contributed by atoms with van der Waals surface area (Å²) in [5.41, 5.74) is 6.74. The summed E-state index contributed by atoms with van der Waals surface area (Å²) < 4.78 is 5.10. The molecule has 2 rings (SSSR count). The van der Waals surface area contributed by atoms with Gasteiger partial charge in [-0.3, -0.25) is 4.79 Å². The molecule has 2 atom stereocenters. The first-order valence-electron chi connectivity index (χ1n) is 7.01. The second-order valence-corrected chi connectivity index (χ2v) is 5.28. The lowest BCUT2D eigenvalue weighted by molar-refractivity contribution is 0.0663. The van der Waals surface area contributed by atoms with Crippen molar-refractivity contribution in [2.75, 3.05) is 19.4 Å². The van der Waals surface area contributed by atoms with Crippen LogP contribution >= 0.6 is 0 Å². The van der Waals surface area contributed by atoms with E-state index in [1.807, 2.05) is 0 Å². The van der Waals surface area contributed by atoms with Crippen LogP contribution in [-0.4, -0.2) is 30.8 Å². The Labute approximate surface area is 119 Å². The summed E-state index contributed by atoms with van der Waals surface area (Å²) in [6, 6.07) is 4.95. The number of nitrogen functional groups attached to an aromatic ring is 1. The van der Waals surface area contributed by atoms with Gasteiger partial charge in [-0.1, -0.05) is 12.8 Å². The van der Waals surface area contributed by atoms with Crippen LogP contribution in [0.1, 0.15) is 36.0 Å². The van der Waals surface area contributed by atoms with E-state index in [4.69, 9.17) is 10.5 Å². The highest BCUT2D eigenvalue weighted by Crippen LogP contribution is 2.24. The van der Waals surface area contributed by atoms with E-state index < -0.39 is 0 Å². The number of ether oxygens (including phenoxy) is 1. The van der Waals surface area contributed by atoms with Crippen LogP contribution in [0.2, 0.25) is 0 Å². The van der Waals surface area contributed by atoms with Crippen LogP contribution in [0.15, 0.2) is 18.2 Å². The number of nitrogens with two attached hydrogens (primary N) is 1. The quantitative estimate of drug-likeness (QED) is 0.730. The zero-order valence-corrected chi connectivity index (χ0v) is 11.8. The van der Waals surface area contributed by atoms with E-state index in [-0.39, 0.29) is 17.9 Å². The second kappa shape index (κ2) is 6.61. The molecule has 0 unspecified atom stereocenters. The largest absolute Gasteiger partial charge is 0.495 e. The predicted molar refractivity (Wildman–Crippen MR) is 77.7 cm³/mol. The SMILES string of the molecule is COc1cc(C(=O)NC[C@@H]2CCCC[C@@H]2O)ccc1N. The van der Waals surface area contributed by atoms with E-state index in [1.165, 1.54) is 7.11 Å². The summed E-state index contributed by atoms with van der Waals surface area (Å²) in [6.45, 7) is 0.507. The molecule has 0 heterocycles. The van der Waals surface area contributed by atoms with Crippen LogP contribution in [0.5, 0.6) is 5.75 Å². The Bertz CT molecular complexity index is 476. The minimum Gasteiger partial charge on any atom is -0.495 e. The number of carbonyl (C=O) groups excluding carboxylic acids is 1. The maximum atomic E-state index is 12.1. The van der Waals surface area contributed by atoms with Crippen molar-refractivity contribution >= 4 is 11.6 Å². The van der Waals surface area contributed by atoms with E-state index in [1.54, 1.807) is 18.2 Å². The monoisotopic (exact) mass is 278 g/mol. The molecule has 0 aliphatic heterocycles. The Kier molecular flexibility index (Phi) is 4.84. The number of aliphatic hydroxyl groups excluding tert-OH is 1. The lowest BCUT2D eigenvalue weighted by Crippen LogP contribution is -2.36. The standard InChI is InChI=1S/C15H22N2O3/c1-20-14-8-10(6-7-12(14)16)15(19)17-9-11-4-2-3-5-13(11)18/h6-8,11,13,18H,2-5,9,16H2,1H3,(H,17,19)/t11-,13-/m0/s1. The number of nitrogens with one attached hydrogen (secondary N) is 1. The molecule has 1 amide bonds. The number of hydrogen-bond donors (Lipinski definition) is 3. The molecule has 0 radical (unpaired) electrons. The highest BCUT2D eigenvalue weighted by molar-refractivity contribution is 5.95. The molecule has 20 heavy (non-hydrogen) atoms. The van der Waals surface area contributed by atoms with Gasteiger partial charge in [0.2, 0.25) is 0 Å². The smallest absolute Gasteiger partial charge is 0.251 e. The average molecular weight is 278 g/mol. The van der Waals surface area contributed by atoms with Gasteiger partial charge in [0.05, 0.1) is 18.9 Å². The average Bonchev–Trinajstić information content (AvgIpc) is 2.46. The first-order chi connectivity index (χ1) is 9.61. The maximum absolute atomic E-state index is 12.1. The van der Waals surface area contributed by atoms with Gasteiger partial charge in [0.1, 0.15) is 5.75 Å². The molecular formula is C15H22N2O3. The minimum atomic E-state index is -0.301. The summed E-state index contributed by atoms with van der Waals surface area (Å²) >= 11 is 0. The molecular weight excluding hydrogens is 256 g/mol. The zero-order valence-electron chi connectivity index (χ0n) is 11.8. The van der Waals surface area contributed by atoms with E-state index in [0.29, 0.717) is 23.5 Å². The summed E-state index contributed by atoms with van der Waals surface area (Å²) in [4.78, 5) is 12.1. The van der Waals surface area contributed by atoms with Crippen molar-refractivity contribution in [1.82, 2.24) is 5.32 Å².